The predicted molar refractivity (Wildman–Crippen MR) is 107 cm³/mol. The number of nitro groups is 1. The molecule has 0 bridgehead atoms. The zero-order chi connectivity index (χ0) is 21.0. The number of nitrogens with one attached hydrogen (secondary N) is 1. The Morgan fingerprint density at radius 2 is 2.14 bits per heavy atom. The first kappa shape index (κ1) is 20.1. The highest BCUT2D eigenvalue weighted by atomic mass is 35.5. The minimum Gasteiger partial charge on any atom is -0.457 e. The first-order chi connectivity index (χ1) is 13.9. The average Bonchev–Trinajstić information content (AvgIpc) is 3.15. The Morgan fingerprint density at radius 1 is 1.34 bits per heavy atom. The van der Waals surface area contributed by atoms with Crippen molar-refractivity contribution in [3.05, 3.63) is 84.5 Å². The third-order valence-corrected chi connectivity index (χ3v) is 4.29. The van der Waals surface area contributed by atoms with Crippen molar-refractivity contribution >= 4 is 29.4 Å². The van der Waals surface area contributed by atoms with E-state index >= 15 is 0 Å². The van der Waals surface area contributed by atoms with Gasteiger partial charge < -0.3 is 14.1 Å². The number of aromatic amines is 1. The van der Waals surface area contributed by atoms with E-state index in [-0.39, 0.29) is 23.4 Å². The van der Waals surface area contributed by atoms with Crippen LogP contribution in [-0.2, 0) is 11.3 Å². The molecule has 0 radical (unpaired) electrons. The summed E-state index contributed by atoms with van der Waals surface area (Å²) in [6.07, 6.45) is 2.83. The Balaban J connectivity index is 2.02. The molecule has 3 rings (SSSR count). The van der Waals surface area contributed by atoms with E-state index in [1.165, 1.54) is 19.3 Å². The molecule has 29 heavy (non-hydrogen) atoms. The van der Waals surface area contributed by atoms with Crippen LogP contribution in [0.5, 0.6) is 0 Å². The van der Waals surface area contributed by atoms with Crippen molar-refractivity contribution in [2.45, 2.75) is 6.61 Å². The van der Waals surface area contributed by atoms with Crippen molar-refractivity contribution in [2.75, 3.05) is 7.11 Å². The quantitative estimate of drug-likeness (QED) is 0.474. The molecule has 0 atom stereocenters. The fraction of sp³-hybridized carbons (Fsp3) is 0.100. The number of furan rings is 1. The van der Waals surface area contributed by atoms with E-state index in [0.717, 1.165) is 5.56 Å². The Kier molecular flexibility index (Phi) is 5.93. The predicted octanol–water partition coefficient (Wildman–Crippen LogP) is 4.38. The highest BCUT2D eigenvalue weighted by Crippen LogP contribution is 2.28. The van der Waals surface area contributed by atoms with Gasteiger partial charge in [0.1, 0.15) is 28.8 Å². The van der Waals surface area contributed by atoms with Gasteiger partial charge >= 0.3 is 0 Å². The van der Waals surface area contributed by atoms with Gasteiger partial charge in [0.05, 0.1) is 17.1 Å². The van der Waals surface area contributed by atoms with Crippen molar-refractivity contribution in [3.8, 4) is 17.4 Å². The summed E-state index contributed by atoms with van der Waals surface area (Å²) in [5.74, 6) is 0.975. The van der Waals surface area contributed by atoms with Gasteiger partial charge in [-0.15, -0.1) is 0 Å². The van der Waals surface area contributed by atoms with Crippen LogP contribution >= 0.6 is 11.6 Å². The van der Waals surface area contributed by atoms with Crippen molar-refractivity contribution in [2.24, 2.45) is 0 Å². The van der Waals surface area contributed by atoms with Gasteiger partial charge in [-0.05, 0) is 36.4 Å². The van der Waals surface area contributed by atoms with E-state index in [0.29, 0.717) is 16.5 Å². The molecule has 0 saturated heterocycles. The number of H-pyrrole nitrogens is 1. The third kappa shape index (κ3) is 4.27. The molecule has 2 aromatic heterocycles. The Bertz CT molecular complexity index is 1200. The normalized spacial score (nSPS) is 10.9. The number of hydrogen-bond acceptors (Lipinski definition) is 6. The summed E-state index contributed by atoms with van der Waals surface area (Å²) in [4.78, 5) is 25.4. The lowest BCUT2D eigenvalue weighted by molar-refractivity contribution is -0.386. The van der Waals surface area contributed by atoms with E-state index in [1.807, 2.05) is 6.07 Å². The van der Waals surface area contributed by atoms with E-state index in [1.54, 1.807) is 36.4 Å². The van der Waals surface area contributed by atoms with E-state index in [9.17, 15) is 20.2 Å². The summed E-state index contributed by atoms with van der Waals surface area (Å²) in [6, 6.07) is 12.2. The summed E-state index contributed by atoms with van der Waals surface area (Å²) < 4.78 is 10.6. The number of nitrogens with zero attached hydrogens (tertiary/aromatic N) is 2. The molecular formula is C20H14ClN3O5. The van der Waals surface area contributed by atoms with Crippen LogP contribution in [0, 0.1) is 21.4 Å². The fourth-order valence-corrected chi connectivity index (χ4v) is 2.99. The maximum Gasteiger partial charge on any atom is 0.299 e. The zero-order valence-corrected chi connectivity index (χ0v) is 15.9. The van der Waals surface area contributed by atoms with Crippen molar-refractivity contribution in [1.82, 2.24) is 4.98 Å². The fourth-order valence-electron chi connectivity index (χ4n) is 2.80. The SMILES string of the molecule is COCc1c([N+](=O)[O-])c(/C=C/c2ccc(-c3cccc(Cl)c3)o2)[nH]c(=O)c1C#N. The number of hydrogen-bond donors (Lipinski definition) is 1. The molecule has 0 aliphatic heterocycles. The van der Waals surface area contributed by atoms with Gasteiger partial charge in [-0.3, -0.25) is 14.9 Å². The van der Waals surface area contributed by atoms with E-state index in [4.69, 9.17) is 20.8 Å². The van der Waals surface area contributed by atoms with Gasteiger partial charge in [0, 0.05) is 17.7 Å². The first-order valence-corrected chi connectivity index (χ1v) is 8.68. The lowest BCUT2D eigenvalue weighted by Gasteiger charge is -2.06. The second kappa shape index (κ2) is 8.56. The molecule has 0 saturated carbocycles. The summed E-state index contributed by atoms with van der Waals surface area (Å²) in [5.41, 5.74) is -0.854. The summed E-state index contributed by atoms with van der Waals surface area (Å²) in [5, 5.41) is 21.3. The molecular weight excluding hydrogens is 398 g/mol. The monoisotopic (exact) mass is 411 g/mol. The van der Waals surface area contributed by atoms with Crippen LogP contribution in [-0.4, -0.2) is 17.0 Å². The van der Waals surface area contributed by atoms with Gasteiger partial charge in [-0.25, -0.2) is 0 Å². The van der Waals surface area contributed by atoms with Crippen molar-refractivity contribution in [1.29, 1.82) is 5.26 Å². The molecule has 0 spiro atoms. The summed E-state index contributed by atoms with van der Waals surface area (Å²) in [7, 11) is 1.32. The zero-order valence-electron chi connectivity index (χ0n) is 15.1. The van der Waals surface area contributed by atoms with Crippen molar-refractivity contribution < 1.29 is 14.1 Å². The molecule has 0 aliphatic rings. The average molecular weight is 412 g/mol. The van der Waals surface area contributed by atoms with Crippen LogP contribution in [0.4, 0.5) is 5.69 Å². The van der Waals surface area contributed by atoms with Gasteiger partial charge in [0.25, 0.3) is 11.2 Å². The molecule has 0 amide bonds. The molecule has 0 aliphatic carbocycles. The molecule has 0 fully saturated rings. The molecule has 3 aromatic rings. The topological polar surface area (TPSA) is 122 Å². The van der Waals surface area contributed by atoms with Crippen LogP contribution in [0.2, 0.25) is 5.02 Å². The first-order valence-electron chi connectivity index (χ1n) is 8.31. The van der Waals surface area contributed by atoms with Crippen molar-refractivity contribution in [3.63, 3.8) is 0 Å². The van der Waals surface area contributed by atoms with E-state index < -0.39 is 16.2 Å². The summed E-state index contributed by atoms with van der Waals surface area (Å²) in [6.45, 7) is -0.246. The maximum absolute atomic E-state index is 12.1. The third-order valence-electron chi connectivity index (χ3n) is 4.05. The number of nitriles is 1. The maximum atomic E-state index is 12.1. The number of methoxy groups -OCH3 is 1. The molecule has 8 nitrogen and oxygen atoms in total. The molecule has 1 aromatic carbocycles. The van der Waals surface area contributed by atoms with Crippen LogP contribution in [0.25, 0.3) is 23.5 Å². The molecule has 1 N–H and O–H groups in total. The number of benzene rings is 1. The second-order valence-electron chi connectivity index (χ2n) is 5.92. The standard InChI is InChI=1S/C20H14ClN3O5/c1-28-11-16-15(10-22)20(25)23-17(19(16)24(26)27)7-5-14-6-8-18(29-14)12-3-2-4-13(21)9-12/h2-9H,11H2,1H3,(H,23,25)/b7-5+. The number of pyridine rings is 1. The minimum absolute atomic E-state index is 0.0632. The lowest BCUT2D eigenvalue weighted by Crippen LogP contribution is -2.18. The second-order valence-corrected chi connectivity index (χ2v) is 6.35. The Morgan fingerprint density at radius 3 is 2.79 bits per heavy atom. The van der Waals surface area contributed by atoms with Crippen LogP contribution in [0.3, 0.4) is 0 Å². The van der Waals surface area contributed by atoms with Crippen LogP contribution in [0.15, 0.2) is 45.6 Å². The van der Waals surface area contributed by atoms with E-state index in [2.05, 4.69) is 4.98 Å². The number of aromatic nitrogens is 1. The lowest BCUT2D eigenvalue weighted by atomic mass is 10.1. The number of halogens is 1. The smallest absolute Gasteiger partial charge is 0.299 e. The van der Waals surface area contributed by atoms with Crippen LogP contribution < -0.4 is 5.56 Å². The number of rotatable bonds is 6. The van der Waals surface area contributed by atoms with Crippen LogP contribution in [0.1, 0.15) is 22.6 Å². The largest absolute Gasteiger partial charge is 0.457 e. The molecule has 0 unspecified atom stereocenters. The highest BCUT2D eigenvalue weighted by molar-refractivity contribution is 6.30. The number of ether oxygens (including phenoxy) is 1. The minimum atomic E-state index is -0.733. The van der Waals surface area contributed by atoms with Gasteiger partial charge in [0.15, 0.2) is 0 Å². The molecule has 146 valence electrons. The van der Waals surface area contributed by atoms with Gasteiger partial charge in [0.2, 0.25) is 0 Å². The van der Waals surface area contributed by atoms with Gasteiger partial charge in [-0.1, -0.05) is 23.7 Å². The summed E-state index contributed by atoms with van der Waals surface area (Å²) >= 11 is 5.98. The highest BCUT2D eigenvalue weighted by Gasteiger charge is 2.25. The molecule has 2 heterocycles. The van der Waals surface area contributed by atoms with Gasteiger partial charge in [-0.2, -0.15) is 5.26 Å². The Hall–Kier alpha value is -3.67. The Labute approximate surface area is 169 Å². The molecule has 9 heteroatoms.